The van der Waals surface area contributed by atoms with Crippen molar-refractivity contribution in [1.29, 1.82) is 0 Å². The summed E-state index contributed by atoms with van der Waals surface area (Å²) in [6.45, 7) is 1.82. The van der Waals surface area contributed by atoms with Crippen LogP contribution in [-0.2, 0) is 14.4 Å². The van der Waals surface area contributed by atoms with Crippen LogP contribution in [-0.4, -0.2) is 56.4 Å². The number of fused-ring (bicyclic) bond motifs is 3. The van der Waals surface area contributed by atoms with Crippen LogP contribution < -0.4 is 20.1 Å². The van der Waals surface area contributed by atoms with Gasteiger partial charge in [-0.1, -0.05) is 6.07 Å². The Kier molecular flexibility index (Phi) is 7.85. The minimum absolute atomic E-state index is 0.0667. The highest BCUT2D eigenvalue weighted by Crippen LogP contribution is 2.57. The summed E-state index contributed by atoms with van der Waals surface area (Å²) in [5.41, 5.74) is 0.668. The standard InChI is InChI=1S/C27H32F3N3O5/c1-17(34)25-7-10-26(11-8-25,12-9-25)23(35)33-21-15-18(16-32-21)22-19(37-2)5-3-6-20(22)38-14-4-13-31-24(36)27(28,29)30/h3,5-6,15H,4,7-14,16H2,1-2H3,(H,31,36)(H,32,33,35). The molecule has 5 rings (SSSR count). The second-order valence-electron chi connectivity index (χ2n) is 10.2. The highest BCUT2D eigenvalue weighted by molar-refractivity contribution is 6.12. The normalized spacial score (nSPS) is 24.3. The molecule has 2 bridgehead atoms. The molecule has 8 nitrogen and oxygen atoms in total. The molecule has 4 aliphatic rings. The smallest absolute Gasteiger partial charge is 0.471 e. The first kappa shape index (κ1) is 27.7. The van der Waals surface area contributed by atoms with Gasteiger partial charge in [0.25, 0.3) is 0 Å². The van der Waals surface area contributed by atoms with Crippen molar-refractivity contribution in [3.05, 3.63) is 29.8 Å². The van der Waals surface area contributed by atoms with Crippen molar-refractivity contribution in [2.75, 3.05) is 26.8 Å². The molecule has 0 radical (unpaired) electrons. The van der Waals surface area contributed by atoms with Gasteiger partial charge in [-0.3, -0.25) is 19.4 Å². The highest BCUT2D eigenvalue weighted by atomic mass is 19.4. The van der Waals surface area contributed by atoms with Crippen LogP contribution in [0.3, 0.4) is 0 Å². The van der Waals surface area contributed by atoms with Gasteiger partial charge in [-0.2, -0.15) is 13.2 Å². The van der Waals surface area contributed by atoms with E-state index in [9.17, 15) is 27.6 Å². The molecule has 1 aliphatic heterocycles. The minimum atomic E-state index is -4.92. The van der Waals surface area contributed by atoms with E-state index in [0.29, 0.717) is 42.2 Å². The summed E-state index contributed by atoms with van der Waals surface area (Å²) >= 11 is 0. The molecular weight excluding hydrogens is 503 g/mol. The first-order chi connectivity index (χ1) is 18.0. The summed E-state index contributed by atoms with van der Waals surface area (Å²) < 4.78 is 48.3. The van der Waals surface area contributed by atoms with Gasteiger partial charge in [0, 0.05) is 17.4 Å². The highest BCUT2D eigenvalue weighted by Gasteiger charge is 2.54. The molecule has 11 heteroatoms. The summed E-state index contributed by atoms with van der Waals surface area (Å²) in [6.07, 6.45) is 1.32. The van der Waals surface area contributed by atoms with Crippen molar-refractivity contribution in [2.24, 2.45) is 15.8 Å². The molecule has 2 amide bonds. The second kappa shape index (κ2) is 10.8. The van der Waals surface area contributed by atoms with Crippen molar-refractivity contribution >= 4 is 29.0 Å². The number of methoxy groups -OCH3 is 1. The molecule has 3 fully saturated rings. The SMILES string of the molecule is COc1cccc(OCCCNC(=O)C(F)(F)F)c1C1=CC(NC(=O)C23CCC(C(C)=O)(CC2)CC3)=NC1. The number of nitrogens with one attached hydrogen (secondary N) is 2. The van der Waals surface area contributed by atoms with E-state index in [1.807, 2.05) is 5.32 Å². The lowest BCUT2D eigenvalue weighted by atomic mass is 9.52. The Labute approximate surface area is 219 Å². The Morgan fingerprint density at radius 1 is 1.03 bits per heavy atom. The van der Waals surface area contributed by atoms with E-state index in [1.165, 1.54) is 7.11 Å². The van der Waals surface area contributed by atoms with E-state index >= 15 is 0 Å². The maximum absolute atomic E-state index is 13.3. The Hall–Kier alpha value is -3.37. The van der Waals surface area contributed by atoms with Crippen molar-refractivity contribution in [3.63, 3.8) is 0 Å². The molecular formula is C27H32F3N3O5. The van der Waals surface area contributed by atoms with Crippen LogP contribution in [0.1, 0.15) is 57.4 Å². The van der Waals surface area contributed by atoms with Gasteiger partial charge in [0.15, 0.2) is 0 Å². The van der Waals surface area contributed by atoms with Gasteiger partial charge in [-0.15, -0.1) is 0 Å². The number of carbonyl (C=O) groups is 3. The Morgan fingerprint density at radius 2 is 1.66 bits per heavy atom. The topological polar surface area (TPSA) is 106 Å². The zero-order valence-electron chi connectivity index (χ0n) is 21.5. The Morgan fingerprint density at radius 3 is 2.26 bits per heavy atom. The maximum atomic E-state index is 13.3. The number of nitrogens with zero attached hydrogens (tertiary/aromatic N) is 1. The number of hydrogen-bond acceptors (Lipinski definition) is 6. The summed E-state index contributed by atoms with van der Waals surface area (Å²) in [6, 6.07) is 5.20. The second-order valence-corrected chi connectivity index (χ2v) is 10.2. The van der Waals surface area contributed by atoms with Crippen molar-refractivity contribution in [3.8, 4) is 11.5 Å². The van der Waals surface area contributed by atoms with Gasteiger partial charge in [-0.05, 0) is 75.7 Å². The number of carbonyl (C=O) groups excluding carboxylic acids is 3. The number of amides is 2. The van der Waals surface area contributed by atoms with Gasteiger partial charge in [0.1, 0.15) is 23.1 Å². The predicted molar refractivity (Wildman–Crippen MR) is 134 cm³/mol. The van der Waals surface area contributed by atoms with E-state index in [1.54, 1.807) is 31.2 Å². The number of rotatable bonds is 9. The van der Waals surface area contributed by atoms with Crippen molar-refractivity contribution < 1.29 is 37.0 Å². The fourth-order valence-corrected chi connectivity index (χ4v) is 5.63. The Bertz CT molecular complexity index is 1150. The molecule has 3 saturated carbocycles. The first-order valence-corrected chi connectivity index (χ1v) is 12.7. The average molecular weight is 536 g/mol. The molecule has 206 valence electrons. The molecule has 0 atom stereocenters. The zero-order valence-corrected chi connectivity index (χ0v) is 21.5. The van der Waals surface area contributed by atoms with Crippen molar-refractivity contribution in [2.45, 2.75) is 58.0 Å². The third kappa shape index (κ3) is 5.56. The van der Waals surface area contributed by atoms with Gasteiger partial charge in [0.2, 0.25) is 5.91 Å². The summed E-state index contributed by atoms with van der Waals surface area (Å²) in [5.74, 6) is -0.399. The molecule has 2 N–H and O–H groups in total. The largest absolute Gasteiger partial charge is 0.496 e. The number of hydrogen-bond donors (Lipinski definition) is 2. The maximum Gasteiger partial charge on any atom is 0.471 e. The number of ketones is 1. The fourth-order valence-electron chi connectivity index (χ4n) is 5.63. The van der Waals surface area contributed by atoms with Crippen LogP contribution in [0.25, 0.3) is 5.57 Å². The minimum Gasteiger partial charge on any atom is -0.496 e. The summed E-state index contributed by atoms with van der Waals surface area (Å²) in [7, 11) is 1.51. The first-order valence-electron chi connectivity index (χ1n) is 12.7. The number of benzene rings is 1. The van der Waals surface area contributed by atoms with Crippen LogP contribution in [0.5, 0.6) is 11.5 Å². The number of aliphatic imine (C=N–C) groups is 1. The number of ether oxygens (including phenoxy) is 2. The van der Waals surface area contributed by atoms with E-state index in [-0.39, 0.29) is 43.2 Å². The third-order valence-electron chi connectivity index (χ3n) is 8.10. The van der Waals surface area contributed by atoms with Crippen LogP contribution in [0.15, 0.2) is 29.3 Å². The van der Waals surface area contributed by atoms with Gasteiger partial charge in [-0.25, -0.2) is 0 Å². The quantitative estimate of drug-likeness (QED) is 0.466. The van der Waals surface area contributed by atoms with Gasteiger partial charge < -0.3 is 20.1 Å². The number of alkyl halides is 3. The van der Waals surface area contributed by atoms with Gasteiger partial charge in [0.05, 0.1) is 25.8 Å². The number of halogens is 3. The molecule has 0 spiro atoms. The molecule has 1 aromatic carbocycles. The lowest BCUT2D eigenvalue weighted by Gasteiger charge is -2.51. The summed E-state index contributed by atoms with van der Waals surface area (Å²) in [5, 5.41) is 4.80. The molecule has 3 aliphatic carbocycles. The number of Topliss-reactive ketones (excluding diaryl/α,β-unsaturated/α-hetero) is 1. The van der Waals surface area contributed by atoms with E-state index in [2.05, 4.69) is 10.3 Å². The number of amidine groups is 1. The van der Waals surface area contributed by atoms with E-state index < -0.39 is 17.5 Å². The van der Waals surface area contributed by atoms with Crippen LogP contribution in [0.4, 0.5) is 13.2 Å². The van der Waals surface area contributed by atoms with Crippen LogP contribution in [0, 0.1) is 10.8 Å². The molecule has 1 heterocycles. The zero-order chi connectivity index (χ0) is 27.6. The summed E-state index contributed by atoms with van der Waals surface area (Å²) in [4.78, 5) is 40.9. The van der Waals surface area contributed by atoms with Crippen LogP contribution in [0.2, 0.25) is 0 Å². The van der Waals surface area contributed by atoms with Gasteiger partial charge >= 0.3 is 12.1 Å². The third-order valence-corrected chi connectivity index (χ3v) is 8.10. The molecule has 0 unspecified atom stereocenters. The molecule has 0 aromatic heterocycles. The predicted octanol–water partition coefficient (Wildman–Crippen LogP) is 3.98. The lowest BCUT2D eigenvalue weighted by Crippen LogP contribution is -2.52. The van der Waals surface area contributed by atoms with E-state index in [4.69, 9.17) is 9.47 Å². The van der Waals surface area contributed by atoms with E-state index in [0.717, 1.165) is 24.8 Å². The Balaban J connectivity index is 1.39. The molecule has 0 saturated heterocycles. The fraction of sp³-hybridized carbons (Fsp3) is 0.556. The van der Waals surface area contributed by atoms with Crippen molar-refractivity contribution in [1.82, 2.24) is 10.6 Å². The molecule has 38 heavy (non-hydrogen) atoms. The molecule has 1 aromatic rings. The van der Waals surface area contributed by atoms with Crippen LogP contribution >= 0.6 is 0 Å². The monoisotopic (exact) mass is 535 g/mol. The lowest BCUT2D eigenvalue weighted by molar-refractivity contribution is -0.173. The average Bonchev–Trinajstić information content (AvgIpc) is 3.36.